The number of hydrazone groups is 1. The van der Waals surface area contributed by atoms with Gasteiger partial charge in [-0.05, 0) is 19.6 Å². The van der Waals surface area contributed by atoms with Crippen LogP contribution in [0.3, 0.4) is 0 Å². The number of hydrogen-bond donors (Lipinski definition) is 1. The Kier molecular flexibility index (Phi) is 5.63. The van der Waals surface area contributed by atoms with Gasteiger partial charge in [0.15, 0.2) is 4.32 Å². The van der Waals surface area contributed by atoms with E-state index in [0.29, 0.717) is 4.32 Å². The van der Waals surface area contributed by atoms with Crippen molar-refractivity contribution >= 4 is 34.0 Å². The van der Waals surface area contributed by atoms with E-state index in [-0.39, 0.29) is 0 Å². The molecule has 0 bridgehead atoms. The van der Waals surface area contributed by atoms with Crippen molar-refractivity contribution in [3.8, 4) is 0 Å². The third-order valence-corrected chi connectivity index (χ3v) is 2.09. The van der Waals surface area contributed by atoms with Crippen molar-refractivity contribution in [3.63, 3.8) is 0 Å². The molecule has 0 heterocycles. The van der Waals surface area contributed by atoms with E-state index in [2.05, 4.69) is 17.5 Å². The number of thioether (sulfide) groups is 1. The number of hydrogen-bond acceptors (Lipinski definition) is 3. The van der Waals surface area contributed by atoms with Crippen molar-refractivity contribution in [2.24, 2.45) is 5.10 Å². The first-order chi connectivity index (χ1) is 4.70. The predicted octanol–water partition coefficient (Wildman–Crippen LogP) is 2.01. The lowest BCUT2D eigenvalue weighted by Crippen LogP contribution is -2.12. The largest absolute Gasteiger partial charge is 0.262 e. The Morgan fingerprint density at radius 2 is 2.30 bits per heavy atom. The van der Waals surface area contributed by atoms with Gasteiger partial charge in [0.25, 0.3) is 0 Å². The van der Waals surface area contributed by atoms with E-state index in [9.17, 15) is 0 Å². The van der Waals surface area contributed by atoms with Crippen molar-refractivity contribution in [1.82, 2.24) is 5.43 Å². The minimum absolute atomic E-state index is 0.716. The lowest BCUT2D eigenvalue weighted by Gasteiger charge is -1.98. The molecule has 1 N–H and O–H groups in total. The normalized spacial score (nSPS) is 11.3. The maximum Gasteiger partial charge on any atom is 0.153 e. The Labute approximate surface area is 71.5 Å². The van der Waals surface area contributed by atoms with Crippen LogP contribution < -0.4 is 5.43 Å². The average Bonchev–Trinajstić information content (AvgIpc) is 1.99. The number of nitrogens with zero attached hydrogens (tertiary/aromatic N) is 1. The molecule has 0 fully saturated rings. The fourth-order valence-corrected chi connectivity index (χ4v) is 0.448. The molecule has 0 saturated heterocycles. The van der Waals surface area contributed by atoms with Crippen LogP contribution in [0, 0.1) is 0 Å². The first-order valence-corrected chi connectivity index (χ1v) is 4.71. The molecule has 0 rings (SSSR count). The third kappa shape index (κ3) is 4.76. The van der Waals surface area contributed by atoms with E-state index in [4.69, 9.17) is 12.2 Å². The standard InChI is InChI=1S/C6H12N2S2/c1-4-5(2)7-8-6(9)10-3/h4H2,1-3H3,(H,8,9). The zero-order chi connectivity index (χ0) is 7.98. The molecule has 0 atom stereocenters. The van der Waals surface area contributed by atoms with Crippen LogP contribution in [-0.4, -0.2) is 16.3 Å². The summed E-state index contributed by atoms with van der Waals surface area (Å²) in [5.74, 6) is 0. The van der Waals surface area contributed by atoms with Gasteiger partial charge in [-0.2, -0.15) is 5.10 Å². The van der Waals surface area contributed by atoms with Crippen LogP contribution in [0.4, 0.5) is 0 Å². The number of rotatable bonds is 2. The van der Waals surface area contributed by atoms with Gasteiger partial charge in [-0.1, -0.05) is 30.9 Å². The lowest BCUT2D eigenvalue weighted by atomic mass is 10.3. The number of nitrogens with one attached hydrogen (secondary N) is 1. The molecule has 4 heteroatoms. The predicted molar refractivity (Wildman–Crippen MR) is 52.6 cm³/mol. The van der Waals surface area contributed by atoms with Gasteiger partial charge >= 0.3 is 0 Å². The van der Waals surface area contributed by atoms with Crippen molar-refractivity contribution < 1.29 is 0 Å². The highest BCUT2D eigenvalue weighted by molar-refractivity contribution is 8.22. The maximum absolute atomic E-state index is 4.87. The van der Waals surface area contributed by atoms with Gasteiger partial charge in [-0.25, -0.2) is 0 Å². The molecular formula is C6H12N2S2. The van der Waals surface area contributed by atoms with E-state index in [0.717, 1.165) is 12.1 Å². The van der Waals surface area contributed by atoms with Crippen molar-refractivity contribution in [1.29, 1.82) is 0 Å². The molecule has 0 aromatic carbocycles. The highest BCUT2D eigenvalue weighted by Crippen LogP contribution is 1.93. The zero-order valence-electron chi connectivity index (χ0n) is 6.47. The van der Waals surface area contributed by atoms with Gasteiger partial charge in [0.05, 0.1) is 0 Å². The molecule has 0 aromatic heterocycles. The minimum atomic E-state index is 0.716. The summed E-state index contributed by atoms with van der Waals surface area (Å²) in [5.41, 5.74) is 3.83. The first-order valence-electron chi connectivity index (χ1n) is 3.07. The monoisotopic (exact) mass is 176 g/mol. The van der Waals surface area contributed by atoms with Crippen molar-refractivity contribution in [3.05, 3.63) is 0 Å². The Morgan fingerprint density at radius 3 is 2.70 bits per heavy atom. The Morgan fingerprint density at radius 1 is 1.70 bits per heavy atom. The highest BCUT2D eigenvalue weighted by atomic mass is 32.2. The molecule has 58 valence electrons. The minimum Gasteiger partial charge on any atom is -0.262 e. The SMILES string of the molecule is CCC(C)=NNC(=S)SC. The molecule has 0 aliphatic heterocycles. The van der Waals surface area contributed by atoms with E-state index in [1.165, 1.54) is 11.8 Å². The summed E-state index contributed by atoms with van der Waals surface area (Å²) in [7, 11) is 0. The van der Waals surface area contributed by atoms with Crippen LogP contribution >= 0.6 is 24.0 Å². The molecular weight excluding hydrogens is 164 g/mol. The van der Waals surface area contributed by atoms with Gasteiger partial charge in [0.1, 0.15) is 0 Å². The van der Waals surface area contributed by atoms with E-state index < -0.39 is 0 Å². The lowest BCUT2D eigenvalue weighted by molar-refractivity contribution is 1.03. The molecule has 10 heavy (non-hydrogen) atoms. The van der Waals surface area contributed by atoms with Crippen LogP contribution in [-0.2, 0) is 0 Å². The summed E-state index contributed by atoms with van der Waals surface area (Å²) in [6, 6.07) is 0. The fourth-order valence-electron chi connectivity index (χ4n) is 0.266. The van der Waals surface area contributed by atoms with Gasteiger partial charge in [-0.15, -0.1) is 0 Å². The fraction of sp³-hybridized carbons (Fsp3) is 0.667. The Bertz CT molecular complexity index is 143. The molecule has 2 nitrogen and oxygen atoms in total. The first kappa shape index (κ1) is 9.91. The molecule has 0 amide bonds. The van der Waals surface area contributed by atoms with Crippen molar-refractivity contribution in [2.75, 3.05) is 6.26 Å². The molecule has 0 aromatic rings. The average molecular weight is 176 g/mol. The van der Waals surface area contributed by atoms with Crippen molar-refractivity contribution in [2.45, 2.75) is 20.3 Å². The highest BCUT2D eigenvalue weighted by Gasteiger charge is 1.88. The summed E-state index contributed by atoms with van der Waals surface area (Å²) in [4.78, 5) is 0. The molecule has 0 unspecified atom stereocenters. The molecule has 0 aliphatic carbocycles. The quantitative estimate of drug-likeness (QED) is 0.396. The van der Waals surface area contributed by atoms with E-state index in [1.54, 1.807) is 0 Å². The second kappa shape index (κ2) is 5.68. The molecule has 0 aliphatic rings. The van der Waals surface area contributed by atoms with Crippen LogP contribution in [0.1, 0.15) is 20.3 Å². The molecule has 0 radical (unpaired) electrons. The van der Waals surface area contributed by atoms with Crippen LogP contribution in [0.15, 0.2) is 5.10 Å². The topological polar surface area (TPSA) is 24.4 Å². The number of thiocarbonyl (C=S) groups is 1. The Hall–Kier alpha value is -0.0900. The van der Waals surface area contributed by atoms with Crippen LogP contribution in [0.5, 0.6) is 0 Å². The second-order valence-corrected chi connectivity index (χ2v) is 3.29. The summed E-state index contributed by atoms with van der Waals surface area (Å²) in [5, 5.41) is 4.02. The molecule has 0 spiro atoms. The van der Waals surface area contributed by atoms with Gasteiger partial charge in [0.2, 0.25) is 0 Å². The summed E-state index contributed by atoms with van der Waals surface area (Å²) < 4.78 is 0.716. The van der Waals surface area contributed by atoms with Gasteiger partial charge < -0.3 is 0 Å². The maximum atomic E-state index is 4.87. The summed E-state index contributed by atoms with van der Waals surface area (Å²) >= 11 is 6.36. The summed E-state index contributed by atoms with van der Waals surface area (Å²) in [6.45, 7) is 4.03. The molecule has 0 saturated carbocycles. The van der Waals surface area contributed by atoms with Gasteiger partial charge in [0, 0.05) is 5.71 Å². The van der Waals surface area contributed by atoms with Gasteiger partial charge in [-0.3, -0.25) is 5.43 Å². The van der Waals surface area contributed by atoms with Crippen LogP contribution in [0.2, 0.25) is 0 Å². The zero-order valence-corrected chi connectivity index (χ0v) is 8.10. The van der Waals surface area contributed by atoms with Crippen LogP contribution in [0.25, 0.3) is 0 Å². The Balaban J connectivity index is 3.61. The van der Waals surface area contributed by atoms with E-state index >= 15 is 0 Å². The second-order valence-electron chi connectivity index (χ2n) is 1.80. The summed E-state index contributed by atoms with van der Waals surface area (Å²) in [6.07, 6.45) is 2.89. The third-order valence-electron chi connectivity index (χ3n) is 1.04. The van der Waals surface area contributed by atoms with E-state index in [1.807, 2.05) is 13.2 Å². The smallest absolute Gasteiger partial charge is 0.153 e.